The Labute approximate surface area is 136 Å². The van der Waals surface area contributed by atoms with Gasteiger partial charge >= 0.3 is 5.97 Å². The van der Waals surface area contributed by atoms with Gasteiger partial charge in [-0.3, -0.25) is 9.59 Å². The predicted molar refractivity (Wildman–Crippen MR) is 88.3 cm³/mol. The normalized spacial score (nSPS) is 12.8. The summed E-state index contributed by atoms with van der Waals surface area (Å²) in [5, 5.41) is 11.4. The second kappa shape index (κ2) is 8.98. The molecule has 1 heterocycles. The maximum atomic E-state index is 12.1. The smallest absolute Gasteiger partial charge is 0.303 e. The van der Waals surface area contributed by atoms with Crippen molar-refractivity contribution in [3.05, 3.63) is 35.4 Å². The highest BCUT2D eigenvalue weighted by Crippen LogP contribution is 2.25. The van der Waals surface area contributed by atoms with Crippen molar-refractivity contribution in [3.8, 4) is 5.75 Å². The standard InChI is InChI=1S/C18H23NO4/c20-17(21)10-4-2-1-3-7-11-19-18(22)15-12-14-8-5-6-9-16(14)23-13-15/h5-6,8-9,12H,1-4,7,10-11,13H2,(H,19,22)(H,20,21). The zero-order chi connectivity index (χ0) is 16.5. The molecule has 0 fully saturated rings. The molecule has 0 atom stereocenters. The number of rotatable bonds is 9. The number of benzene rings is 1. The second-order valence-electron chi connectivity index (χ2n) is 5.66. The van der Waals surface area contributed by atoms with Gasteiger partial charge in [-0.15, -0.1) is 0 Å². The molecule has 1 amide bonds. The molecule has 0 spiro atoms. The highest BCUT2D eigenvalue weighted by atomic mass is 16.5. The number of amides is 1. The highest BCUT2D eigenvalue weighted by Gasteiger charge is 2.16. The number of carboxylic acid groups (broad SMARTS) is 1. The summed E-state index contributed by atoms with van der Waals surface area (Å²) in [4.78, 5) is 22.5. The lowest BCUT2D eigenvalue weighted by atomic mass is 10.1. The largest absolute Gasteiger partial charge is 0.488 e. The van der Waals surface area contributed by atoms with Gasteiger partial charge in [0, 0.05) is 18.5 Å². The number of para-hydroxylation sites is 1. The van der Waals surface area contributed by atoms with E-state index < -0.39 is 5.97 Å². The number of carbonyl (C=O) groups excluding carboxylic acids is 1. The minimum absolute atomic E-state index is 0.0784. The number of unbranched alkanes of at least 4 members (excludes halogenated alkanes) is 4. The number of hydrogen-bond acceptors (Lipinski definition) is 3. The lowest BCUT2D eigenvalue weighted by Gasteiger charge is -2.17. The topological polar surface area (TPSA) is 75.6 Å². The van der Waals surface area contributed by atoms with Crippen LogP contribution in [-0.2, 0) is 9.59 Å². The molecule has 0 saturated carbocycles. The summed E-state index contributed by atoms with van der Waals surface area (Å²) in [5.41, 5.74) is 1.58. The van der Waals surface area contributed by atoms with E-state index in [1.54, 1.807) is 0 Å². The first-order valence-corrected chi connectivity index (χ1v) is 8.09. The van der Waals surface area contributed by atoms with Crippen LogP contribution in [0.3, 0.4) is 0 Å². The van der Waals surface area contributed by atoms with Crippen molar-refractivity contribution in [2.45, 2.75) is 38.5 Å². The third-order valence-corrected chi connectivity index (χ3v) is 3.78. The van der Waals surface area contributed by atoms with Gasteiger partial charge in [0.2, 0.25) is 0 Å². The van der Waals surface area contributed by atoms with E-state index in [9.17, 15) is 9.59 Å². The monoisotopic (exact) mass is 317 g/mol. The molecule has 0 saturated heterocycles. The molecule has 0 radical (unpaired) electrons. The van der Waals surface area contributed by atoms with E-state index in [1.807, 2.05) is 30.3 Å². The average molecular weight is 317 g/mol. The van der Waals surface area contributed by atoms with Gasteiger partial charge in [-0.05, 0) is 25.0 Å². The van der Waals surface area contributed by atoms with E-state index in [-0.39, 0.29) is 12.3 Å². The zero-order valence-corrected chi connectivity index (χ0v) is 13.2. The van der Waals surface area contributed by atoms with Crippen LogP contribution in [0, 0.1) is 0 Å². The number of carbonyl (C=O) groups is 2. The molecule has 0 aliphatic carbocycles. The van der Waals surface area contributed by atoms with Crippen molar-refractivity contribution in [1.82, 2.24) is 5.32 Å². The molecule has 2 N–H and O–H groups in total. The Bertz CT molecular complexity index is 580. The van der Waals surface area contributed by atoms with E-state index in [2.05, 4.69) is 5.32 Å². The molecule has 1 aromatic rings. The number of aliphatic carboxylic acids is 1. The first-order valence-electron chi connectivity index (χ1n) is 8.09. The maximum absolute atomic E-state index is 12.1. The van der Waals surface area contributed by atoms with Crippen molar-refractivity contribution < 1.29 is 19.4 Å². The van der Waals surface area contributed by atoms with Gasteiger partial charge in [0.15, 0.2) is 0 Å². The van der Waals surface area contributed by atoms with Crippen molar-refractivity contribution in [3.63, 3.8) is 0 Å². The number of nitrogens with one attached hydrogen (secondary N) is 1. The number of hydrogen-bond donors (Lipinski definition) is 2. The second-order valence-corrected chi connectivity index (χ2v) is 5.66. The zero-order valence-electron chi connectivity index (χ0n) is 13.2. The van der Waals surface area contributed by atoms with E-state index in [0.29, 0.717) is 18.7 Å². The molecule has 0 aromatic heterocycles. The Kier molecular flexibility index (Phi) is 6.66. The molecule has 5 nitrogen and oxygen atoms in total. The summed E-state index contributed by atoms with van der Waals surface area (Å²) >= 11 is 0. The molecule has 0 bridgehead atoms. The Balaban J connectivity index is 1.62. The predicted octanol–water partition coefficient (Wildman–Crippen LogP) is 3.00. The lowest BCUT2D eigenvalue weighted by Crippen LogP contribution is -2.29. The molecular weight excluding hydrogens is 294 g/mol. The van der Waals surface area contributed by atoms with Crippen LogP contribution in [-0.4, -0.2) is 30.1 Å². The Morgan fingerprint density at radius 3 is 2.65 bits per heavy atom. The van der Waals surface area contributed by atoms with Crippen molar-refractivity contribution in [2.24, 2.45) is 0 Å². The average Bonchev–Trinajstić information content (AvgIpc) is 2.56. The van der Waals surface area contributed by atoms with Gasteiger partial charge in [0.05, 0.1) is 5.57 Å². The molecule has 5 heteroatoms. The molecule has 1 aliphatic rings. The van der Waals surface area contributed by atoms with Crippen LogP contribution in [0.2, 0.25) is 0 Å². The number of fused-ring (bicyclic) bond motifs is 1. The summed E-state index contributed by atoms with van der Waals surface area (Å²) in [6, 6.07) is 7.65. The van der Waals surface area contributed by atoms with Gasteiger partial charge in [0.1, 0.15) is 12.4 Å². The third-order valence-electron chi connectivity index (χ3n) is 3.78. The van der Waals surface area contributed by atoms with Gasteiger partial charge in [-0.1, -0.05) is 37.5 Å². The molecule has 1 aromatic carbocycles. The van der Waals surface area contributed by atoms with Crippen LogP contribution in [0.4, 0.5) is 0 Å². The van der Waals surface area contributed by atoms with E-state index in [0.717, 1.165) is 43.4 Å². The maximum Gasteiger partial charge on any atom is 0.303 e. The fraction of sp³-hybridized carbons (Fsp3) is 0.444. The fourth-order valence-electron chi connectivity index (χ4n) is 2.49. The van der Waals surface area contributed by atoms with Gasteiger partial charge in [0.25, 0.3) is 5.91 Å². The molecule has 124 valence electrons. The van der Waals surface area contributed by atoms with Crippen molar-refractivity contribution in [1.29, 1.82) is 0 Å². The van der Waals surface area contributed by atoms with Crippen molar-refractivity contribution in [2.75, 3.05) is 13.2 Å². The Morgan fingerprint density at radius 2 is 1.83 bits per heavy atom. The van der Waals surface area contributed by atoms with Crippen LogP contribution in [0.15, 0.2) is 29.8 Å². The highest BCUT2D eigenvalue weighted by molar-refractivity contribution is 5.99. The quantitative estimate of drug-likeness (QED) is 0.687. The van der Waals surface area contributed by atoms with Crippen LogP contribution >= 0.6 is 0 Å². The van der Waals surface area contributed by atoms with Crippen molar-refractivity contribution >= 4 is 18.0 Å². The summed E-state index contributed by atoms with van der Waals surface area (Å²) in [6.07, 6.45) is 6.68. The minimum atomic E-state index is -0.734. The van der Waals surface area contributed by atoms with Crippen LogP contribution in [0.25, 0.3) is 6.08 Å². The summed E-state index contributed by atoms with van der Waals surface area (Å²) in [7, 11) is 0. The Hall–Kier alpha value is -2.30. The van der Waals surface area contributed by atoms with Gasteiger partial charge < -0.3 is 15.2 Å². The first-order chi connectivity index (χ1) is 11.2. The molecule has 1 aliphatic heterocycles. The molecular formula is C18H23NO4. The third kappa shape index (κ3) is 5.77. The van der Waals surface area contributed by atoms with Gasteiger partial charge in [-0.2, -0.15) is 0 Å². The summed E-state index contributed by atoms with van der Waals surface area (Å²) in [5.74, 6) is -0.00222. The fourth-order valence-corrected chi connectivity index (χ4v) is 2.49. The summed E-state index contributed by atoms with van der Waals surface area (Å²) < 4.78 is 5.57. The molecule has 2 rings (SSSR count). The van der Waals surface area contributed by atoms with E-state index in [4.69, 9.17) is 9.84 Å². The van der Waals surface area contributed by atoms with Gasteiger partial charge in [-0.25, -0.2) is 0 Å². The summed E-state index contributed by atoms with van der Waals surface area (Å²) in [6.45, 7) is 0.939. The lowest BCUT2D eigenvalue weighted by molar-refractivity contribution is -0.137. The minimum Gasteiger partial charge on any atom is -0.488 e. The van der Waals surface area contributed by atoms with Crippen LogP contribution in [0.1, 0.15) is 44.1 Å². The number of ether oxygens (including phenoxy) is 1. The molecule has 23 heavy (non-hydrogen) atoms. The first kappa shape index (κ1) is 17.1. The SMILES string of the molecule is O=C(O)CCCCCCCNC(=O)C1=Cc2ccccc2OC1. The Morgan fingerprint density at radius 1 is 1.09 bits per heavy atom. The van der Waals surface area contributed by atoms with E-state index in [1.165, 1.54) is 0 Å². The van der Waals surface area contributed by atoms with E-state index >= 15 is 0 Å². The van der Waals surface area contributed by atoms with Crippen LogP contribution in [0.5, 0.6) is 5.75 Å². The van der Waals surface area contributed by atoms with Crippen LogP contribution < -0.4 is 10.1 Å². The number of carboxylic acids is 1. The molecule has 0 unspecified atom stereocenters.